The van der Waals surface area contributed by atoms with Crippen molar-refractivity contribution in [2.24, 2.45) is 0 Å². The maximum absolute atomic E-state index is 6.00. The first kappa shape index (κ1) is 32.4. The molecule has 0 rings (SSSR count). The molecule has 0 bridgehead atoms. The second kappa shape index (κ2) is 27.6. The molecule has 0 saturated heterocycles. The van der Waals surface area contributed by atoms with E-state index in [0.717, 1.165) is 19.6 Å². The fraction of sp³-hybridized carbons (Fsp3) is 0.871. The van der Waals surface area contributed by atoms with Crippen LogP contribution in [0.5, 0.6) is 0 Å². The summed E-state index contributed by atoms with van der Waals surface area (Å²) in [6.45, 7) is 6.40. The number of unbranched alkanes of at least 4 members (excludes halogenated alkanes) is 15. The van der Waals surface area contributed by atoms with Gasteiger partial charge in [-0.05, 0) is 59.0 Å². The van der Waals surface area contributed by atoms with Crippen LogP contribution >= 0.6 is 0 Å². The Hall–Kier alpha value is -0.600. The Morgan fingerprint density at radius 2 is 1.06 bits per heavy atom. The van der Waals surface area contributed by atoms with E-state index in [1.807, 2.05) is 0 Å². The Morgan fingerprint density at radius 1 is 0.576 bits per heavy atom. The molecule has 0 radical (unpaired) electrons. The third-order valence-electron chi connectivity index (χ3n) is 6.67. The van der Waals surface area contributed by atoms with E-state index in [2.05, 4.69) is 57.1 Å². The highest BCUT2D eigenvalue weighted by molar-refractivity contribution is 4.92. The van der Waals surface area contributed by atoms with Crippen molar-refractivity contribution in [3.05, 3.63) is 24.3 Å². The lowest BCUT2D eigenvalue weighted by Gasteiger charge is -2.24. The quantitative estimate of drug-likeness (QED) is 0.0934. The summed E-state index contributed by atoms with van der Waals surface area (Å²) >= 11 is 0. The van der Waals surface area contributed by atoms with E-state index in [1.54, 1.807) is 0 Å². The number of hydrogen-bond donors (Lipinski definition) is 0. The van der Waals surface area contributed by atoms with Crippen molar-refractivity contribution in [3.8, 4) is 0 Å². The van der Waals surface area contributed by atoms with Crippen LogP contribution in [0.2, 0.25) is 0 Å². The summed E-state index contributed by atoms with van der Waals surface area (Å²) in [6.07, 6.45) is 36.1. The van der Waals surface area contributed by atoms with Gasteiger partial charge in [0.15, 0.2) is 0 Å². The summed E-state index contributed by atoms with van der Waals surface area (Å²) in [5.41, 5.74) is 0. The molecule has 0 fully saturated rings. The van der Waals surface area contributed by atoms with Gasteiger partial charge in [-0.1, -0.05) is 122 Å². The van der Waals surface area contributed by atoms with Crippen molar-refractivity contribution in [2.75, 3.05) is 27.3 Å². The Balaban J connectivity index is 3.46. The van der Waals surface area contributed by atoms with E-state index in [-0.39, 0.29) is 0 Å². The van der Waals surface area contributed by atoms with Gasteiger partial charge in [-0.25, -0.2) is 0 Å². The van der Waals surface area contributed by atoms with E-state index in [1.165, 1.54) is 122 Å². The van der Waals surface area contributed by atoms with Gasteiger partial charge in [0.2, 0.25) is 0 Å². The van der Waals surface area contributed by atoms with Crippen molar-refractivity contribution >= 4 is 0 Å². The standard InChI is InChI=1S/C31H61NO/c1-5-7-9-11-13-14-15-16-17-18-19-20-21-22-23-24-26-28-31(32(3)4)30-33-29-27-25-12-10-8-6-2/h13-14,16-17,31H,5-12,15,18-30H2,1-4H3/b14-13-,17-16?. The van der Waals surface area contributed by atoms with Gasteiger partial charge < -0.3 is 9.64 Å². The first-order valence-corrected chi connectivity index (χ1v) is 14.8. The molecule has 0 aliphatic rings. The van der Waals surface area contributed by atoms with Crippen LogP contribution in [0.25, 0.3) is 0 Å². The van der Waals surface area contributed by atoms with E-state index in [9.17, 15) is 0 Å². The Morgan fingerprint density at radius 3 is 1.67 bits per heavy atom. The van der Waals surface area contributed by atoms with Crippen molar-refractivity contribution in [1.29, 1.82) is 0 Å². The molecule has 1 atom stereocenters. The van der Waals surface area contributed by atoms with Crippen LogP contribution in [-0.4, -0.2) is 38.3 Å². The highest BCUT2D eigenvalue weighted by Crippen LogP contribution is 2.13. The minimum atomic E-state index is 0.586. The lowest BCUT2D eigenvalue weighted by Crippen LogP contribution is -2.32. The summed E-state index contributed by atoms with van der Waals surface area (Å²) in [6, 6.07) is 0.586. The van der Waals surface area contributed by atoms with Crippen LogP contribution in [-0.2, 0) is 4.74 Å². The molecule has 33 heavy (non-hydrogen) atoms. The van der Waals surface area contributed by atoms with Crippen LogP contribution in [0.1, 0.15) is 142 Å². The summed E-state index contributed by atoms with van der Waals surface area (Å²) in [5.74, 6) is 0. The summed E-state index contributed by atoms with van der Waals surface area (Å²) < 4.78 is 6.00. The molecule has 0 spiro atoms. The van der Waals surface area contributed by atoms with Gasteiger partial charge in [-0.15, -0.1) is 0 Å². The largest absolute Gasteiger partial charge is 0.380 e. The predicted octanol–water partition coefficient (Wildman–Crippen LogP) is 9.89. The van der Waals surface area contributed by atoms with Crippen LogP contribution in [0.15, 0.2) is 24.3 Å². The normalized spacial score (nSPS) is 13.1. The molecule has 196 valence electrons. The maximum atomic E-state index is 6.00. The van der Waals surface area contributed by atoms with Crippen molar-refractivity contribution in [1.82, 2.24) is 4.90 Å². The van der Waals surface area contributed by atoms with Crippen molar-refractivity contribution in [3.63, 3.8) is 0 Å². The number of rotatable bonds is 26. The molecule has 0 amide bonds. The molecule has 0 heterocycles. The van der Waals surface area contributed by atoms with Gasteiger partial charge in [0, 0.05) is 12.6 Å². The molecule has 0 aromatic carbocycles. The third-order valence-corrected chi connectivity index (χ3v) is 6.67. The highest BCUT2D eigenvalue weighted by atomic mass is 16.5. The average Bonchev–Trinajstić information content (AvgIpc) is 2.81. The van der Waals surface area contributed by atoms with Crippen LogP contribution in [0.4, 0.5) is 0 Å². The third kappa shape index (κ3) is 25.9. The maximum Gasteiger partial charge on any atom is 0.0621 e. The highest BCUT2D eigenvalue weighted by Gasteiger charge is 2.11. The van der Waals surface area contributed by atoms with Gasteiger partial charge in [0.1, 0.15) is 0 Å². The Bertz CT molecular complexity index is 415. The van der Waals surface area contributed by atoms with Crippen LogP contribution < -0.4 is 0 Å². The first-order chi connectivity index (χ1) is 16.2. The Kier molecular flexibility index (Phi) is 27.1. The number of hydrogen-bond acceptors (Lipinski definition) is 2. The Labute approximate surface area is 209 Å². The van der Waals surface area contributed by atoms with E-state index >= 15 is 0 Å². The van der Waals surface area contributed by atoms with E-state index < -0.39 is 0 Å². The SMILES string of the molecule is CCCCC/C=C\CC=CCCCCCCCCCC(COCCCCCCCC)N(C)C. The average molecular weight is 464 g/mol. The van der Waals surface area contributed by atoms with E-state index in [0.29, 0.717) is 6.04 Å². The fourth-order valence-electron chi connectivity index (χ4n) is 4.24. The number of nitrogens with zero attached hydrogens (tertiary/aromatic N) is 1. The summed E-state index contributed by atoms with van der Waals surface area (Å²) in [4.78, 5) is 2.36. The first-order valence-electron chi connectivity index (χ1n) is 14.8. The molecule has 2 heteroatoms. The smallest absolute Gasteiger partial charge is 0.0621 e. The fourth-order valence-corrected chi connectivity index (χ4v) is 4.24. The number of likely N-dealkylation sites (N-methyl/N-ethyl adjacent to an activating group) is 1. The molecule has 1 unspecified atom stereocenters. The number of allylic oxidation sites excluding steroid dienone is 4. The molecular weight excluding hydrogens is 402 g/mol. The molecular formula is C31H61NO. The lowest BCUT2D eigenvalue weighted by molar-refractivity contribution is 0.0721. The zero-order valence-corrected chi connectivity index (χ0v) is 23.3. The minimum absolute atomic E-state index is 0.586. The molecule has 0 saturated carbocycles. The summed E-state index contributed by atoms with van der Waals surface area (Å²) in [5, 5.41) is 0. The second-order valence-corrected chi connectivity index (χ2v) is 10.2. The summed E-state index contributed by atoms with van der Waals surface area (Å²) in [7, 11) is 4.41. The second-order valence-electron chi connectivity index (χ2n) is 10.2. The van der Waals surface area contributed by atoms with Gasteiger partial charge >= 0.3 is 0 Å². The molecule has 0 N–H and O–H groups in total. The van der Waals surface area contributed by atoms with Crippen LogP contribution in [0.3, 0.4) is 0 Å². The molecule has 0 aromatic heterocycles. The van der Waals surface area contributed by atoms with Gasteiger partial charge in [0.05, 0.1) is 6.61 Å². The van der Waals surface area contributed by atoms with Crippen molar-refractivity contribution < 1.29 is 4.74 Å². The zero-order chi connectivity index (χ0) is 24.2. The molecule has 0 aliphatic heterocycles. The monoisotopic (exact) mass is 463 g/mol. The van der Waals surface area contributed by atoms with E-state index in [4.69, 9.17) is 4.74 Å². The lowest BCUT2D eigenvalue weighted by atomic mass is 10.0. The van der Waals surface area contributed by atoms with Crippen LogP contribution in [0, 0.1) is 0 Å². The van der Waals surface area contributed by atoms with Gasteiger partial charge in [-0.3, -0.25) is 0 Å². The topological polar surface area (TPSA) is 12.5 Å². The van der Waals surface area contributed by atoms with Crippen molar-refractivity contribution in [2.45, 2.75) is 148 Å². The van der Waals surface area contributed by atoms with Gasteiger partial charge in [0.25, 0.3) is 0 Å². The number of ether oxygens (including phenoxy) is 1. The zero-order valence-electron chi connectivity index (χ0n) is 23.3. The predicted molar refractivity (Wildman–Crippen MR) is 150 cm³/mol. The minimum Gasteiger partial charge on any atom is -0.380 e. The molecule has 2 nitrogen and oxygen atoms in total. The van der Waals surface area contributed by atoms with Gasteiger partial charge in [-0.2, -0.15) is 0 Å². The molecule has 0 aromatic rings. The molecule has 0 aliphatic carbocycles.